The zero-order valence-electron chi connectivity index (χ0n) is 16.3. The van der Waals surface area contributed by atoms with Crippen LogP contribution in [0.2, 0.25) is 0 Å². The lowest BCUT2D eigenvalue weighted by atomic mass is 10.1. The molecule has 2 aromatic heterocycles. The molecule has 1 aliphatic carbocycles. The van der Waals surface area contributed by atoms with Gasteiger partial charge < -0.3 is 20.3 Å². The summed E-state index contributed by atoms with van der Waals surface area (Å²) in [6, 6.07) is 0. The molecule has 0 unspecified atom stereocenters. The predicted molar refractivity (Wildman–Crippen MR) is 104 cm³/mol. The van der Waals surface area contributed by atoms with Crippen molar-refractivity contribution in [2.45, 2.75) is 59.0 Å². The largest absolute Gasteiger partial charge is 0.449 e. The van der Waals surface area contributed by atoms with Gasteiger partial charge in [0, 0.05) is 10.8 Å². The molecule has 150 valence electrons. The highest BCUT2D eigenvalue weighted by atomic mass is 32.1. The van der Waals surface area contributed by atoms with E-state index in [0.29, 0.717) is 22.0 Å². The number of rotatable bonds is 6. The van der Waals surface area contributed by atoms with Crippen molar-refractivity contribution in [2.24, 2.45) is 5.73 Å². The molecule has 2 heterocycles. The quantitative estimate of drug-likeness (QED) is 0.712. The Morgan fingerprint density at radius 1 is 1.21 bits per heavy atom. The van der Waals surface area contributed by atoms with Gasteiger partial charge in [-0.2, -0.15) is 0 Å². The minimum absolute atomic E-state index is 0.0560. The number of ether oxygens (including phenoxy) is 1. The summed E-state index contributed by atoms with van der Waals surface area (Å²) in [5.41, 5.74) is 7.43. The van der Waals surface area contributed by atoms with Gasteiger partial charge in [-0.3, -0.25) is 9.59 Å². The Morgan fingerprint density at radius 2 is 1.93 bits per heavy atom. The standard InChI is InChI=1S/C19H23N3O5S/c1-8(2)15-13(9(3)22-27-15)19(25)26-10(4)17(24)21-18-14(16(20)23)11-6-5-7-12(11)28-18/h8,10H,5-7H2,1-4H3,(H2,20,23)(H,21,24)/t10-/m0/s1. The summed E-state index contributed by atoms with van der Waals surface area (Å²) in [7, 11) is 0. The van der Waals surface area contributed by atoms with Crippen molar-refractivity contribution in [3.05, 3.63) is 33.0 Å². The number of amides is 2. The van der Waals surface area contributed by atoms with E-state index in [2.05, 4.69) is 10.5 Å². The first kappa shape index (κ1) is 20.1. The van der Waals surface area contributed by atoms with Crippen molar-refractivity contribution in [1.29, 1.82) is 0 Å². The summed E-state index contributed by atoms with van der Waals surface area (Å²) in [6.07, 6.45) is 1.54. The van der Waals surface area contributed by atoms with Crippen LogP contribution in [0.15, 0.2) is 4.52 Å². The third-order valence-electron chi connectivity index (χ3n) is 4.68. The van der Waals surface area contributed by atoms with E-state index in [0.717, 1.165) is 29.7 Å². The molecule has 0 saturated heterocycles. The highest BCUT2D eigenvalue weighted by molar-refractivity contribution is 7.17. The Morgan fingerprint density at radius 3 is 2.57 bits per heavy atom. The maximum Gasteiger partial charge on any atom is 0.344 e. The molecule has 0 aliphatic heterocycles. The molecule has 2 amide bonds. The molecular weight excluding hydrogens is 382 g/mol. The van der Waals surface area contributed by atoms with E-state index in [1.54, 1.807) is 6.92 Å². The van der Waals surface area contributed by atoms with Gasteiger partial charge in [0.15, 0.2) is 11.9 Å². The molecule has 0 aromatic carbocycles. The molecule has 28 heavy (non-hydrogen) atoms. The number of nitrogens with two attached hydrogens (primary N) is 1. The van der Waals surface area contributed by atoms with Crippen LogP contribution in [0.3, 0.4) is 0 Å². The Labute approximate surface area is 166 Å². The Balaban J connectivity index is 1.74. The maximum absolute atomic E-state index is 12.6. The van der Waals surface area contributed by atoms with Crippen molar-refractivity contribution in [2.75, 3.05) is 5.32 Å². The van der Waals surface area contributed by atoms with Crippen LogP contribution in [-0.4, -0.2) is 29.0 Å². The number of hydrogen-bond donors (Lipinski definition) is 2. The minimum atomic E-state index is -1.07. The molecule has 0 bridgehead atoms. The van der Waals surface area contributed by atoms with Gasteiger partial charge in [-0.1, -0.05) is 19.0 Å². The summed E-state index contributed by atoms with van der Waals surface area (Å²) < 4.78 is 10.5. The first-order valence-corrected chi connectivity index (χ1v) is 9.94. The number of anilines is 1. The highest BCUT2D eigenvalue weighted by Crippen LogP contribution is 2.39. The predicted octanol–water partition coefficient (Wildman–Crippen LogP) is 2.94. The van der Waals surface area contributed by atoms with Gasteiger partial charge in [0.05, 0.1) is 11.3 Å². The lowest BCUT2D eigenvalue weighted by Gasteiger charge is -2.14. The number of thiophene rings is 1. The van der Waals surface area contributed by atoms with Crippen molar-refractivity contribution in [3.63, 3.8) is 0 Å². The molecule has 2 aromatic rings. The van der Waals surface area contributed by atoms with Gasteiger partial charge in [0.2, 0.25) is 0 Å². The zero-order chi connectivity index (χ0) is 20.6. The smallest absolute Gasteiger partial charge is 0.344 e. The van der Waals surface area contributed by atoms with Crippen molar-refractivity contribution in [3.8, 4) is 0 Å². The summed E-state index contributed by atoms with van der Waals surface area (Å²) in [5, 5.41) is 6.91. The normalized spacial score (nSPS) is 14.0. The van der Waals surface area contributed by atoms with E-state index >= 15 is 0 Å². The van der Waals surface area contributed by atoms with Crippen LogP contribution >= 0.6 is 11.3 Å². The maximum atomic E-state index is 12.6. The van der Waals surface area contributed by atoms with E-state index in [1.807, 2.05) is 13.8 Å². The van der Waals surface area contributed by atoms with E-state index in [1.165, 1.54) is 18.3 Å². The Hall–Kier alpha value is -2.68. The monoisotopic (exact) mass is 405 g/mol. The Bertz CT molecular complexity index is 944. The number of fused-ring (bicyclic) bond motifs is 1. The molecule has 1 atom stereocenters. The van der Waals surface area contributed by atoms with Gasteiger partial charge >= 0.3 is 5.97 Å². The molecule has 0 radical (unpaired) electrons. The number of primary amides is 1. The fourth-order valence-corrected chi connectivity index (χ4v) is 4.57. The van der Waals surface area contributed by atoms with Gasteiger partial charge in [-0.05, 0) is 38.7 Å². The average Bonchev–Trinajstić information content (AvgIpc) is 3.27. The van der Waals surface area contributed by atoms with Gasteiger partial charge in [-0.25, -0.2) is 4.79 Å². The number of nitrogens with one attached hydrogen (secondary N) is 1. The number of carbonyl (C=O) groups excluding carboxylic acids is 3. The SMILES string of the molecule is Cc1noc(C(C)C)c1C(=O)O[C@@H](C)C(=O)Nc1sc2c(c1C(N)=O)CCC2. The third kappa shape index (κ3) is 3.66. The Kier molecular flexibility index (Phi) is 5.55. The molecule has 0 spiro atoms. The van der Waals surface area contributed by atoms with Crippen molar-refractivity contribution < 1.29 is 23.6 Å². The zero-order valence-corrected chi connectivity index (χ0v) is 17.1. The van der Waals surface area contributed by atoms with Crippen LogP contribution in [-0.2, 0) is 22.4 Å². The molecule has 1 aliphatic rings. The van der Waals surface area contributed by atoms with Crippen LogP contribution in [0.25, 0.3) is 0 Å². The lowest BCUT2D eigenvalue weighted by Crippen LogP contribution is -2.31. The van der Waals surface area contributed by atoms with Crippen LogP contribution in [0.5, 0.6) is 0 Å². The van der Waals surface area contributed by atoms with E-state index in [9.17, 15) is 14.4 Å². The average molecular weight is 405 g/mol. The van der Waals surface area contributed by atoms with Crippen molar-refractivity contribution in [1.82, 2.24) is 5.16 Å². The number of carbonyl (C=O) groups is 3. The first-order valence-electron chi connectivity index (χ1n) is 9.13. The van der Waals surface area contributed by atoms with Gasteiger partial charge in [0.1, 0.15) is 10.6 Å². The fourth-order valence-electron chi connectivity index (χ4n) is 3.27. The van der Waals surface area contributed by atoms with Crippen LogP contribution in [0, 0.1) is 6.92 Å². The van der Waals surface area contributed by atoms with Gasteiger partial charge in [0.25, 0.3) is 11.8 Å². The van der Waals surface area contributed by atoms with E-state index in [-0.39, 0.29) is 11.5 Å². The second kappa shape index (κ2) is 7.75. The molecule has 9 heteroatoms. The number of hydrogen-bond acceptors (Lipinski definition) is 7. The summed E-state index contributed by atoms with van der Waals surface area (Å²) >= 11 is 1.35. The topological polar surface area (TPSA) is 125 Å². The number of aryl methyl sites for hydroxylation is 2. The van der Waals surface area contributed by atoms with Crippen LogP contribution in [0.1, 0.15) is 75.7 Å². The minimum Gasteiger partial charge on any atom is -0.449 e. The van der Waals surface area contributed by atoms with Crippen LogP contribution in [0.4, 0.5) is 5.00 Å². The molecule has 3 rings (SSSR count). The summed E-state index contributed by atoms with van der Waals surface area (Å²) in [5.74, 6) is -1.41. The highest BCUT2D eigenvalue weighted by Gasteiger charge is 2.30. The molecule has 3 N–H and O–H groups in total. The fraction of sp³-hybridized carbons (Fsp3) is 0.474. The van der Waals surface area contributed by atoms with E-state index < -0.39 is 23.9 Å². The molecule has 0 fully saturated rings. The second-order valence-corrected chi connectivity index (χ2v) is 8.23. The van der Waals surface area contributed by atoms with Crippen molar-refractivity contribution >= 4 is 34.1 Å². The molecule has 8 nitrogen and oxygen atoms in total. The number of esters is 1. The lowest BCUT2D eigenvalue weighted by molar-refractivity contribution is -0.123. The number of aromatic nitrogens is 1. The summed E-state index contributed by atoms with van der Waals surface area (Å²) in [6.45, 7) is 6.85. The first-order chi connectivity index (χ1) is 13.2. The second-order valence-electron chi connectivity index (χ2n) is 7.12. The molecular formula is C19H23N3O5S. The molecule has 0 saturated carbocycles. The number of nitrogens with zero attached hydrogens (tertiary/aromatic N) is 1. The summed E-state index contributed by atoms with van der Waals surface area (Å²) in [4.78, 5) is 38.0. The third-order valence-corrected chi connectivity index (χ3v) is 5.88. The van der Waals surface area contributed by atoms with Gasteiger partial charge in [-0.15, -0.1) is 11.3 Å². The van der Waals surface area contributed by atoms with Crippen LogP contribution < -0.4 is 11.1 Å². The van der Waals surface area contributed by atoms with E-state index in [4.69, 9.17) is 15.0 Å².